The summed E-state index contributed by atoms with van der Waals surface area (Å²) in [4.78, 5) is 0. The van der Waals surface area contributed by atoms with E-state index in [2.05, 4.69) is 0 Å². The van der Waals surface area contributed by atoms with Crippen LogP contribution in [0.3, 0.4) is 0 Å². The Hall–Kier alpha value is 0.110. The van der Waals surface area contributed by atoms with E-state index < -0.39 is 11.1 Å². The Balaban J connectivity index is 2.53. The molecular formula is C5H9O2S-. The van der Waals surface area contributed by atoms with Crippen LogP contribution in [0.15, 0.2) is 0 Å². The monoisotopic (exact) mass is 133 g/mol. The zero-order valence-electron chi connectivity index (χ0n) is 4.85. The zero-order chi connectivity index (χ0) is 6.20. The van der Waals surface area contributed by atoms with Crippen LogP contribution in [0.2, 0.25) is 0 Å². The zero-order valence-corrected chi connectivity index (χ0v) is 5.66. The predicted octanol–water partition coefficient (Wildman–Crippen LogP) is 0.808. The fraction of sp³-hybridized carbons (Fsp3) is 1.00. The fourth-order valence-corrected chi connectivity index (χ4v) is 1.45. The predicted molar refractivity (Wildman–Crippen MR) is 31.2 cm³/mol. The first-order valence-electron chi connectivity index (χ1n) is 2.81. The van der Waals surface area contributed by atoms with Crippen LogP contribution < -0.4 is 0 Å². The summed E-state index contributed by atoms with van der Waals surface area (Å²) in [5.74, 6) is 0. The molecule has 0 bridgehead atoms. The van der Waals surface area contributed by atoms with Crippen molar-refractivity contribution in [1.29, 1.82) is 0 Å². The molecule has 2 nitrogen and oxygen atoms in total. The third-order valence-corrected chi connectivity index (χ3v) is 3.21. The van der Waals surface area contributed by atoms with Gasteiger partial charge < -0.3 is 4.55 Å². The summed E-state index contributed by atoms with van der Waals surface area (Å²) in [6.45, 7) is 1.92. The topological polar surface area (TPSA) is 40.1 Å². The molecule has 3 heteroatoms. The molecule has 0 radical (unpaired) electrons. The second kappa shape index (κ2) is 1.81. The fourth-order valence-electron chi connectivity index (χ4n) is 0.777. The van der Waals surface area contributed by atoms with Gasteiger partial charge in [0.15, 0.2) is 0 Å². The molecule has 48 valence electrons. The molecule has 0 amide bonds. The molecule has 0 saturated heterocycles. The van der Waals surface area contributed by atoms with Crippen LogP contribution in [-0.2, 0) is 11.1 Å². The number of hydrogen-bond donors (Lipinski definition) is 0. The van der Waals surface area contributed by atoms with E-state index in [4.69, 9.17) is 0 Å². The number of rotatable bonds is 2. The van der Waals surface area contributed by atoms with Crippen LogP contribution in [0, 0.1) is 0 Å². The van der Waals surface area contributed by atoms with Gasteiger partial charge in [-0.25, -0.2) is 0 Å². The molecule has 0 spiro atoms. The SMILES string of the molecule is CCC1(S(=O)[O-])CC1. The Morgan fingerprint density at radius 3 is 2.25 bits per heavy atom. The van der Waals surface area contributed by atoms with Gasteiger partial charge in [0.25, 0.3) is 0 Å². The molecule has 1 atom stereocenters. The van der Waals surface area contributed by atoms with Gasteiger partial charge in [0.1, 0.15) is 0 Å². The average Bonchev–Trinajstić information content (AvgIpc) is 2.44. The van der Waals surface area contributed by atoms with Crippen LogP contribution >= 0.6 is 0 Å². The number of hydrogen-bond acceptors (Lipinski definition) is 2. The minimum atomic E-state index is -1.81. The summed E-state index contributed by atoms with van der Waals surface area (Å²) in [5.41, 5.74) is 0. The third kappa shape index (κ3) is 0.801. The van der Waals surface area contributed by atoms with Crippen LogP contribution in [-0.4, -0.2) is 13.5 Å². The molecule has 0 heterocycles. The van der Waals surface area contributed by atoms with Gasteiger partial charge in [-0.1, -0.05) is 6.92 Å². The smallest absolute Gasteiger partial charge is 0.0326 e. The first-order valence-corrected chi connectivity index (χ1v) is 3.88. The molecule has 8 heavy (non-hydrogen) atoms. The normalized spacial score (nSPS) is 27.2. The lowest BCUT2D eigenvalue weighted by Crippen LogP contribution is -2.13. The van der Waals surface area contributed by atoms with Crippen LogP contribution in [0.5, 0.6) is 0 Å². The molecule has 0 aromatic carbocycles. The van der Waals surface area contributed by atoms with Gasteiger partial charge >= 0.3 is 0 Å². The Morgan fingerprint density at radius 1 is 1.75 bits per heavy atom. The first kappa shape index (κ1) is 6.23. The van der Waals surface area contributed by atoms with E-state index in [1.54, 1.807) is 0 Å². The summed E-state index contributed by atoms with van der Waals surface area (Å²) in [6.07, 6.45) is 2.53. The van der Waals surface area contributed by atoms with Gasteiger partial charge in [-0.3, -0.25) is 4.21 Å². The van der Waals surface area contributed by atoms with Crippen molar-refractivity contribution in [1.82, 2.24) is 0 Å². The Labute approximate surface area is 51.6 Å². The largest absolute Gasteiger partial charge is 0.772 e. The maximum Gasteiger partial charge on any atom is 0.0326 e. The quantitative estimate of drug-likeness (QED) is 0.523. The molecule has 0 N–H and O–H groups in total. The lowest BCUT2D eigenvalue weighted by molar-refractivity contribution is 0.516. The Bertz CT molecular complexity index is 118. The standard InChI is InChI=1S/C5H10O2S/c1-2-5(3-4-5)8(6)7/h2-4H2,1H3,(H,6,7)/p-1. The molecule has 1 fully saturated rings. The molecule has 0 aromatic heterocycles. The van der Waals surface area contributed by atoms with E-state index in [0.717, 1.165) is 19.3 Å². The molecule has 0 aromatic rings. The van der Waals surface area contributed by atoms with Crippen molar-refractivity contribution in [2.75, 3.05) is 0 Å². The molecule has 1 aliphatic rings. The van der Waals surface area contributed by atoms with E-state index in [9.17, 15) is 8.76 Å². The lowest BCUT2D eigenvalue weighted by atomic mass is 10.3. The van der Waals surface area contributed by atoms with Crippen molar-refractivity contribution < 1.29 is 8.76 Å². The van der Waals surface area contributed by atoms with E-state index >= 15 is 0 Å². The molecule has 0 aliphatic heterocycles. The lowest BCUT2D eigenvalue weighted by Gasteiger charge is -2.14. The maximum atomic E-state index is 10.3. The summed E-state index contributed by atoms with van der Waals surface area (Å²) in [6, 6.07) is 0. The van der Waals surface area contributed by atoms with Gasteiger partial charge in [0.05, 0.1) is 0 Å². The average molecular weight is 133 g/mol. The second-order valence-corrected chi connectivity index (χ2v) is 3.61. The van der Waals surface area contributed by atoms with Crippen molar-refractivity contribution in [3.63, 3.8) is 0 Å². The molecular weight excluding hydrogens is 124 g/mol. The highest BCUT2D eigenvalue weighted by atomic mass is 32.2. The van der Waals surface area contributed by atoms with Gasteiger partial charge in [-0.05, 0) is 30.3 Å². The van der Waals surface area contributed by atoms with Crippen molar-refractivity contribution in [2.45, 2.75) is 30.9 Å². The van der Waals surface area contributed by atoms with E-state index in [1.807, 2.05) is 6.92 Å². The summed E-state index contributed by atoms with van der Waals surface area (Å²) in [7, 11) is 0. The van der Waals surface area contributed by atoms with Gasteiger partial charge in [-0.15, -0.1) is 0 Å². The van der Waals surface area contributed by atoms with Crippen molar-refractivity contribution in [2.24, 2.45) is 0 Å². The highest BCUT2D eigenvalue weighted by Crippen LogP contribution is 2.43. The first-order chi connectivity index (χ1) is 3.71. The van der Waals surface area contributed by atoms with E-state index in [1.165, 1.54) is 0 Å². The molecule has 1 rings (SSSR count). The minimum Gasteiger partial charge on any atom is -0.772 e. The van der Waals surface area contributed by atoms with Crippen LogP contribution in [0.4, 0.5) is 0 Å². The van der Waals surface area contributed by atoms with Crippen LogP contribution in [0.25, 0.3) is 0 Å². The Morgan fingerprint density at radius 2 is 2.25 bits per heavy atom. The third-order valence-electron chi connectivity index (χ3n) is 1.81. The second-order valence-electron chi connectivity index (χ2n) is 2.27. The van der Waals surface area contributed by atoms with Crippen molar-refractivity contribution >= 4 is 11.1 Å². The van der Waals surface area contributed by atoms with Crippen LogP contribution in [0.1, 0.15) is 26.2 Å². The van der Waals surface area contributed by atoms with Gasteiger partial charge in [0.2, 0.25) is 0 Å². The highest BCUT2D eigenvalue weighted by molar-refractivity contribution is 7.81. The highest BCUT2D eigenvalue weighted by Gasteiger charge is 2.41. The summed E-state index contributed by atoms with van der Waals surface area (Å²) in [5, 5.41) is 0. The molecule has 1 saturated carbocycles. The van der Waals surface area contributed by atoms with E-state index in [0.29, 0.717) is 0 Å². The van der Waals surface area contributed by atoms with Gasteiger partial charge in [0, 0.05) is 4.75 Å². The summed E-state index contributed by atoms with van der Waals surface area (Å²) < 4.78 is 20.3. The van der Waals surface area contributed by atoms with Crippen molar-refractivity contribution in [3.8, 4) is 0 Å². The van der Waals surface area contributed by atoms with E-state index in [-0.39, 0.29) is 4.75 Å². The van der Waals surface area contributed by atoms with Gasteiger partial charge in [-0.2, -0.15) is 0 Å². The van der Waals surface area contributed by atoms with Crippen molar-refractivity contribution in [3.05, 3.63) is 0 Å². The Kier molecular flexibility index (Phi) is 1.41. The minimum absolute atomic E-state index is 0.292. The summed E-state index contributed by atoms with van der Waals surface area (Å²) >= 11 is -1.81. The maximum absolute atomic E-state index is 10.3. The molecule has 1 unspecified atom stereocenters. The molecule has 1 aliphatic carbocycles.